The molecule has 0 saturated carbocycles. The Hall–Kier alpha value is -1.85. The van der Waals surface area contributed by atoms with E-state index in [9.17, 15) is 4.79 Å². The van der Waals surface area contributed by atoms with Crippen molar-refractivity contribution in [1.29, 1.82) is 0 Å². The van der Waals surface area contributed by atoms with Crippen LogP contribution in [0.2, 0.25) is 0 Å². The number of halogens is 1. The van der Waals surface area contributed by atoms with Crippen molar-refractivity contribution in [2.24, 2.45) is 5.41 Å². The van der Waals surface area contributed by atoms with Crippen molar-refractivity contribution in [1.82, 2.24) is 20.0 Å². The molecule has 6 heteroatoms. The van der Waals surface area contributed by atoms with E-state index in [0.717, 1.165) is 44.6 Å². The number of aromatic nitrogens is 2. The van der Waals surface area contributed by atoms with Gasteiger partial charge in [0, 0.05) is 32.0 Å². The summed E-state index contributed by atoms with van der Waals surface area (Å²) >= 11 is 0. The van der Waals surface area contributed by atoms with Gasteiger partial charge in [-0.3, -0.25) is 9.48 Å². The Kier molecular flexibility index (Phi) is 5.45. The Balaban J connectivity index is 0.00000182. The van der Waals surface area contributed by atoms with Gasteiger partial charge in [0.2, 0.25) is 0 Å². The third-order valence-corrected chi connectivity index (χ3v) is 5.61. The number of carbonyl (C=O) groups excluding carboxylic acids is 1. The topological polar surface area (TPSA) is 50.2 Å². The van der Waals surface area contributed by atoms with Crippen molar-refractivity contribution >= 4 is 18.3 Å². The van der Waals surface area contributed by atoms with Crippen LogP contribution in [0.4, 0.5) is 0 Å². The van der Waals surface area contributed by atoms with Crippen LogP contribution in [-0.4, -0.2) is 46.8 Å². The molecule has 1 aromatic heterocycles. The summed E-state index contributed by atoms with van der Waals surface area (Å²) < 4.78 is 1.78. The summed E-state index contributed by atoms with van der Waals surface area (Å²) in [5, 5.41) is 7.82. The smallest absolute Gasteiger partial charge is 0.252 e. The van der Waals surface area contributed by atoms with E-state index in [0.29, 0.717) is 5.41 Å². The molecular weight excluding hydrogens is 336 g/mol. The Morgan fingerprint density at radius 3 is 2.48 bits per heavy atom. The van der Waals surface area contributed by atoms with Gasteiger partial charge in [-0.15, -0.1) is 12.4 Å². The van der Waals surface area contributed by atoms with Crippen molar-refractivity contribution in [3.8, 4) is 0 Å². The van der Waals surface area contributed by atoms with Crippen molar-refractivity contribution < 1.29 is 4.79 Å². The highest BCUT2D eigenvalue weighted by Gasteiger charge is 2.39. The van der Waals surface area contributed by atoms with E-state index in [1.54, 1.807) is 10.9 Å². The summed E-state index contributed by atoms with van der Waals surface area (Å²) in [5.41, 5.74) is 1.42. The lowest BCUT2D eigenvalue weighted by Crippen LogP contribution is -2.46. The highest BCUT2D eigenvalue weighted by atomic mass is 35.5. The lowest BCUT2D eigenvalue weighted by molar-refractivity contribution is -0.136. The van der Waals surface area contributed by atoms with E-state index in [2.05, 4.69) is 10.4 Å². The lowest BCUT2D eigenvalue weighted by Gasteiger charge is -2.40. The number of rotatable bonds is 3. The first-order valence-electron chi connectivity index (χ1n) is 8.81. The molecule has 0 radical (unpaired) electrons. The molecule has 1 amide bonds. The van der Waals surface area contributed by atoms with E-state index in [-0.39, 0.29) is 24.4 Å². The highest BCUT2D eigenvalue weighted by molar-refractivity contribution is 5.85. The van der Waals surface area contributed by atoms with Gasteiger partial charge in [-0.2, -0.15) is 5.10 Å². The minimum atomic E-state index is -0.364. The normalized spacial score (nSPS) is 20.2. The van der Waals surface area contributed by atoms with Crippen LogP contribution < -0.4 is 5.32 Å². The van der Waals surface area contributed by atoms with Crippen LogP contribution in [0.3, 0.4) is 0 Å². The number of piperidine rings is 1. The predicted molar refractivity (Wildman–Crippen MR) is 99.8 cm³/mol. The summed E-state index contributed by atoms with van der Waals surface area (Å²) in [6, 6.07) is 11.5. The Morgan fingerprint density at radius 2 is 1.88 bits per heavy atom. The molecule has 2 aliphatic heterocycles. The molecule has 2 saturated heterocycles. The van der Waals surface area contributed by atoms with Gasteiger partial charge >= 0.3 is 0 Å². The van der Waals surface area contributed by atoms with Gasteiger partial charge in [-0.1, -0.05) is 30.3 Å². The molecule has 1 spiro atoms. The minimum absolute atomic E-state index is 0. The van der Waals surface area contributed by atoms with E-state index >= 15 is 0 Å². The molecule has 2 aliphatic rings. The molecular formula is C19H25ClN4O. The molecule has 134 valence electrons. The molecule has 1 N–H and O–H groups in total. The average Bonchev–Trinajstić information content (AvgIpc) is 3.30. The summed E-state index contributed by atoms with van der Waals surface area (Å²) in [6.07, 6.45) is 7.07. The number of carbonyl (C=O) groups is 1. The molecule has 5 nitrogen and oxygen atoms in total. The largest absolute Gasteiger partial charge is 0.340 e. The second kappa shape index (κ2) is 7.58. The van der Waals surface area contributed by atoms with Crippen molar-refractivity contribution in [2.75, 3.05) is 26.2 Å². The van der Waals surface area contributed by atoms with Crippen LogP contribution in [0.5, 0.6) is 0 Å². The quantitative estimate of drug-likeness (QED) is 0.914. The zero-order chi connectivity index (χ0) is 16.4. The number of hydrogen-bond acceptors (Lipinski definition) is 3. The zero-order valence-corrected chi connectivity index (χ0v) is 15.1. The number of hydrogen-bond donors (Lipinski definition) is 1. The van der Waals surface area contributed by atoms with Gasteiger partial charge < -0.3 is 10.2 Å². The Bertz CT molecular complexity index is 673. The molecule has 2 aromatic rings. The first-order chi connectivity index (χ1) is 11.8. The maximum atomic E-state index is 13.2. The zero-order valence-electron chi connectivity index (χ0n) is 14.3. The fourth-order valence-electron chi connectivity index (χ4n) is 4.07. The fraction of sp³-hybridized carbons (Fsp3) is 0.474. The van der Waals surface area contributed by atoms with E-state index in [1.165, 1.54) is 6.42 Å². The Morgan fingerprint density at radius 1 is 1.12 bits per heavy atom. The maximum Gasteiger partial charge on any atom is 0.252 e. The molecule has 1 unspecified atom stereocenters. The van der Waals surface area contributed by atoms with Crippen LogP contribution >= 0.6 is 12.4 Å². The van der Waals surface area contributed by atoms with Gasteiger partial charge in [0.15, 0.2) is 6.04 Å². The second-order valence-corrected chi connectivity index (χ2v) is 7.05. The molecule has 2 fully saturated rings. The summed E-state index contributed by atoms with van der Waals surface area (Å²) in [7, 11) is 0. The summed E-state index contributed by atoms with van der Waals surface area (Å²) in [4.78, 5) is 15.3. The highest BCUT2D eigenvalue weighted by Crippen LogP contribution is 2.37. The molecule has 1 aromatic carbocycles. The number of nitrogens with one attached hydrogen (secondary N) is 1. The van der Waals surface area contributed by atoms with E-state index in [1.807, 2.05) is 47.5 Å². The summed E-state index contributed by atoms with van der Waals surface area (Å²) in [5.74, 6) is 0.158. The van der Waals surface area contributed by atoms with Gasteiger partial charge in [0.25, 0.3) is 5.91 Å². The molecule has 0 bridgehead atoms. The second-order valence-electron chi connectivity index (χ2n) is 7.05. The first kappa shape index (κ1) is 18.0. The van der Waals surface area contributed by atoms with E-state index in [4.69, 9.17) is 0 Å². The molecule has 3 heterocycles. The lowest BCUT2D eigenvalue weighted by atomic mass is 9.77. The minimum Gasteiger partial charge on any atom is -0.340 e. The number of likely N-dealkylation sites (tertiary alicyclic amines) is 1. The van der Waals surface area contributed by atoms with Gasteiger partial charge in [0.1, 0.15) is 0 Å². The first-order valence-corrected chi connectivity index (χ1v) is 8.81. The van der Waals surface area contributed by atoms with Gasteiger partial charge in [-0.05, 0) is 42.9 Å². The summed E-state index contributed by atoms with van der Waals surface area (Å²) in [6.45, 7) is 3.93. The van der Waals surface area contributed by atoms with Crippen molar-refractivity contribution in [2.45, 2.75) is 25.3 Å². The number of nitrogens with zero attached hydrogens (tertiary/aromatic N) is 3. The molecule has 4 rings (SSSR count). The number of benzene rings is 1. The predicted octanol–water partition coefficient (Wildman–Crippen LogP) is 2.50. The van der Waals surface area contributed by atoms with Crippen LogP contribution in [0.15, 0.2) is 48.8 Å². The van der Waals surface area contributed by atoms with Crippen molar-refractivity contribution in [3.63, 3.8) is 0 Å². The van der Waals surface area contributed by atoms with Crippen LogP contribution in [0, 0.1) is 5.41 Å². The van der Waals surface area contributed by atoms with E-state index < -0.39 is 0 Å². The maximum absolute atomic E-state index is 13.2. The van der Waals surface area contributed by atoms with Gasteiger partial charge in [-0.25, -0.2) is 0 Å². The standard InChI is InChI=1S/C19H24N4O.ClH/c24-18(22-13-8-19(9-14-22)7-11-20-15-19)17(23-12-4-10-21-23)16-5-2-1-3-6-16;/h1-6,10,12,17,20H,7-9,11,13-15H2;1H. The average molecular weight is 361 g/mol. The molecule has 25 heavy (non-hydrogen) atoms. The van der Waals surface area contributed by atoms with Crippen molar-refractivity contribution in [3.05, 3.63) is 54.4 Å². The third kappa shape index (κ3) is 3.58. The SMILES string of the molecule is Cl.O=C(C(c1ccccc1)n1cccn1)N1CCC2(CCNC2)CC1. The van der Waals surface area contributed by atoms with Crippen LogP contribution in [-0.2, 0) is 4.79 Å². The number of amides is 1. The van der Waals surface area contributed by atoms with Crippen LogP contribution in [0.25, 0.3) is 0 Å². The third-order valence-electron chi connectivity index (χ3n) is 5.61. The van der Waals surface area contributed by atoms with Crippen LogP contribution in [0.1, 0.15) is 30.9 Å². The Labute approximate surface area is 154 Å². The fourth-order valence-corrected chi connectivity index (χ4v) is 4.07. The van der Waals surface area contributed by atoms with Gasteiger partial charge in [0.05, 0.1) is 0 Å². The monoisotopic (exact) mass is 360 g/mol. The molecule has 1 atom stereocenters. The molecule has 0 aliphatic carbocycles.